The van der Waals surface area contributed by atoms with Gasteiger partial charge in [-0.1, -0.05) is 0 Å². The van der Waals surface area contributed by atoms with Crippen LogP contribution in [0, 0.1) is 13.8 Å². The van der Waals surface area contributed by atoms with Crippen LogP contribution in [0.15, 0.2) is 5.38 Å². The highest BCUT2D eigenvalue weighted by molar-refractivity contribution is 7.09. The van der Waals surface area contributed by atoms with Crippen LogP contribution in [0.4, 0.5) is 0 Å². The minimum atomic E-state index is -0.691. The molecule has 0 saturated heterocycles. The summed E-state index contributed by atoms with van der Waals surface area (Å²) in [5.74, 6) is -1.63. The Kier molecular flexibility index (Phi) is 6.64. The van der Waals surface area contributed by atoms with Crippen LogP contribution in [0.5, 0.6) is 0 Å². The molecule has 8 nitrogen and oxygen atoms in total. The average molecular weight is 380 g/mol. The van der Waals surface area contributed by atoms with Crippen molar-refractivity contribution in [3.8, 4) is 0 Å². The molecule has 26 heavy (non-hydrogen) atoms. The van der Waals surface area contributed by atoms with E-state index in [1.807, 2.05) is 0 Å². The van der Waals surface area contributed by atoms with Crippen LogP contribution < -0.4 is 0 Å². The second-order valence-corrected chi connectivity index (χ2v) is 6.35. The largest absolute Gasteiger partial charge is 0.462 e. The summed E-state index contributed by atoms with van der Waals surface area (Å²) in [7, 11) is 1.53. The van der Waals surface area contributed by atoms with E-state index >= 15 is 0 Å². The maximum Gasteiger partial charge on any atom is 0.358 e. The van der Waals surface area contributed by atoms with E-state index in [0.29, 0.717) is 28.4 Å². The lowest BCUT2D eigenvalue weighted by Gasteiger charge is -2.03. The number of thiazole rings is 1. The minimum Gasteiger partial charge on any atom is -0.462 e. The molecule has 9 heteroatoms. The van der Waals surface area contributed by atoms with E-state index in [4.69, 9.17) is 14.2 Å². The number of esters is 2. The number of rotatable bonds is 8. The molecule has 2 aromatic rings. The van der Waals surface area contributed by atoms with Crippen molar-refractivity contribution in [2.75, 3.05) is 20.3 Å². The van der Waals surface area contributed by atoms with Crippen molar-refractivity contribution in [2.24, 2.45) is 0 Å². The molecule has 0 unspecified atom stereocenters. The number of ether oxygens (including phenoxy) is 3. The number of aromatic nitrogens is 2. The number of aryl methyl sites for hydroxylation is 1. The van der Waals surface area contributed by atoms with Gasteiger partial charge >= 0.3 is 11.9 Å². The lowest BCUT2D eigenvalue weighted by Crippen LogP contribution is -2.16. The molecule has 0 aliphatic carbocycles. The van der Waals surface area contributed by atoms with Crippen LogP contribution in [-0.4, -0.2) is 48.0 Å². The smallest absolute Gasteiger partial charge is 0.358 e. The fourth-order valence-electron chi connectivity index (χ4n) is 2.41. The first-order valence-corrected chi connectivity index (χ1v) is 8.76. The van der Waals surface area contributed by atoms with Gasteiger partial charge in [-0.15, -0.1) is 11.3 Å². The Labute approximate surface area is 154 Å². The monoisotopic (exact) mass is 380 g/mol. The van der Waals surface area contributed by atoms with Crippen molar-refractivity contribution in [3.63, 3.8) is 0 Å². The van der Waals surface area contributed by atoms with Gasteiger partial charge in [0, 0.05) is 18.2 Å². The molecule has 0 aromatic carbocycles. The Morgan fingerprint density at radius 3 is 2.58 bits per heavy atom. The summed E-state index contributed by atoms with van der Waals surface area (Å²) in [5, 5.41) is 2.19. The number of hydrogen-bond donors (Lipinski definition) is 1. The third-order valence-corrected chi connectivity index (χ3v) is 4.38. The first kappa shape index (κ1) is 19.8. The zero-order valence-corrected chi connectivity index (χ0v) is 15.8. The molecule has 0 amide bonds. The van der Waals surface area contributed by atoms with E-state index in [9.17, 15) is 14.4 Å². The van der Waals surface area contributed by atoms with Gasteiger partial charge in [-0.2, -0.15) is 0 Å². The van der Waals surface area contributed by atoms with Crippen LogP contribution in [-0.2, 0) is 20.8 Å². The van der Waals surface area contributed by atoms with Gasteiger partial charge < -0.3 is 19.2 Å². The van der Waals surface area contributed by atoms with E-state index < -0.39 is 24.3 Å². The second kappa shape index (κ2) is 8.72. The van der Waals surface area contributed by atoms with Gasteiger partial charge in [0.2, 0.25) is 5.78 Å². The van der Waals surface area contributed by atoms with Crippen molar-refractivity contribution < 1.29 is 28.6 Å². The third kappa shape index (κ3) is 4.36. The van der Waals surface area contributed by atoms with E-state index in [2.05, 4.69) is 9.97 Å². The molecule has 0 spiro atoms. The number of methoxy groups -OCH3 is 1. The zero-order chi connectivity index (χ0) is 19.3. The summed E-state index contributed by atoms with van der Waals surface area (Å²) in [6.45, 7) is 5.10. The van der Waals surface area contributed by atoms with Crippen LogP contribution in [0.3, 0.4) is 0 Å². The Balaban J connectivity index is 2.04. The van der Waals surface area contributed by atoms with Gasteiger partial charge in [0.05, 0.1) is 24.5 Å². The minimum absolute atomic E-state index is 0.126. The lowest BCUT2D eigenvalue weighted by molar-refractivity contribution is 0.0466. The Bertz CT molecular complexity index is 823. The van der Waals surface area contributed by atoms with Gasteiger partial charge in [0.15, 0.2) is 12.3 Å². The molecular weight excluding hydrogens is 360 g/mol. The van der Waals surface area contributed by atoms with Crippen molar-refractivity contribution >= 4 is 29.1 Å². The van der Waals surface area contributed by atoms with Crippen molar-refractivity contribution in [2.45, 2.75) is 27.4 Å². The van der Waals surface area contributed by atoms with Crippen molar-refractivity contribution in [1.82, 2.24) is 9.97 Å². The molecule has 2 heterocycles. The maximum absolute atomic E-state index is 12.4. The highest BCUT2D eigenvalue weighted by atomic mass is 32.1. The molecule has 1 N–H and O–H groups in total. The molecule has 0 atom stereocenters. The summed E-state index contributed by atoms with van der Waals surface area (Å²) in [6, 6.07) is 0. The number of H-pyrrole nitrogens is 1. The van der Waals surface area contributed by atoms with Gasteiger partial charge in [-0.3, -0.25) is 4.79 Å². The predicted molar refractivity (Wildman–Crippen MR) is 93.7 cm³/mol. The molecule has 2 aromatic heterocycles. The molecular formula is C17H20N2O6S. The zero-order valence-electron chi connectivity index (χ0n) is 15.0. The molecule has 0 bridgehead atoms. The Morgan fingerprint density at radius 2 is 1.92 bits per heavy atom. The van der Waals surface area contributed by atoms with Gasteiger partial charge in [0.1, 0.15) is 5.01 Å². The first-order valence-electron chi connectivity index (χ1n) is 7.88. The molecule has 0 saturated carbocycles. The molecule has 140 valence electrons. The molecule has 0 fully saturated rings. The Hall–Kier alpha value is -2.52. The SMILES string of the molecule is CCOC(=O)c1c(C)[nH]c(C(=O)COC(=O)c2csc(COC)n2)c1C. The highest BCUT2D eigenvalue weighted by Crippen LogP contribution is 2.20. The van der Waals surface area contributed by atoms with Gasteiger partial charge in [0.25, 0.3) is 0 Å². The predicted octanol–water partition coefficient (Wildman–Crippen LogP) is 2.45. The maximum atomic E-state index is 12.4. The van der Waals surface area contributed by atoms with Crippen LogP contribution in [0.25, 0.3) is 0 Å². The fraction of sp³-hybridized carbons (Fsp3) is 0.412. The van der Waals surface area contributed by atoms with E-state index in [1.54, 1.807) is 26.2 Å². The molecule has 2 rings (SSSR count). The number of carbonyl (C=O) groups is 3. The summed E-state index contributed by atoms with van der Waals surface area (Å²) in [4.78, 5) is 43.3. The first-order chi connectivity index (χ1) is 12.4. The fourth-order valence-corrected chi connectivity index (χ4v) is 3.14. The topological polar surface area (TPSA) is 108 Å². The number of aromatic amines is 1. The molecule has 0 aliphatic heterocycles. The van der Waals surface area contributed by atoms with Crippen molar-refractivity contribution in [1.29, 1.82) is 0 Å². The number of carbonyl (C=O) groups excluding carboxylic acids is 3. The standard InChI is InChI=1S/C17H20N2O6S/c1-5-24-17(22)14-9(2)15(18-10(14)3)12(20)6-25-16(21)11-8-26-13(19-11)7-23-4/h8,18H,5-7H2,1-4H3. The summed E-state index contributed by atoms with van der Waals surface area (Å²) >= 11 is 1.27. The second-order valence-electron chi connectivity index (χ2n) is 5.40. The lowest BCUT2D eigenvalue weighted by atomic mass is 10.1. The quantitative estimate of drug-likeness (QED) is 0.553. The van der Waals surface area contributed by atoms with Crippen LogP contribution in [0.1, 0.15) is 54.5 Å². The third-order valence-electron chi connectivity index (χ3n) is 3.56. The molecule has 0 radical (unpaired) electrons. The average Bonchev–Trinajstić information content (AvgIpc) is 3.17. The van der Waals surface area contributed by atoms with E-state index in [1.165, 1.54) is 18.4 Å². The van der Waals surface area contributed by atoms with Crippen LogP contribution >= 0.6 is 11.3 Å². The number of hydrogen-bond acceptors (Lipinski definition) is 8. The summed E-state index contributed by atoms with van der Waals surface area (Å²) < 4.78 is 15.0. The summed E-state index contributed by atoms with van der Waals surface area (Å²) in [5.41, 5.74) is 1.67. The van der Waals surface area contributed by atoms with E-state index in [-0.39, 0.29) is 18.0 Å². The highest BCUT2D eigenvalue weighted by Gasteiger charge is 2.24. The van der Waals surface area contributed by atoms with Crippen LogP contribution in [0.2, 0.25) is 0 Å². The van der Waals surface area contributed by atoms with Gasteiger partial charge in [-0.25, -0.2) is 14.6 Å². The Morgan fingerprint density at radius 1 is 1.19 bits per heavy atom. The van der Waals surface area contributed by atoms with E-state index in [0.717, 1.165) is 0 Å². The van der Waals surface area contributed by atoms with Gasteiger partial charge in [-0.05, 0) is 26.3 Å². The number of nitrogens with zero attached hydrogens (tertiary/aromatic N) is 1. The van der Waals surface area contributed by atoms with Crippen molar-refractivity contribution in [3.05, 3.63) is 38.6 Å². The molecule has 0 aliphatic rings. The summed E-state index contributed by atoms with van der Waals surface area (Å²) in [6.07, 6.45) is 0. The normalized spacial score (nSPS) is 10.6. The number of ketones is 1. The number of nitrogens with one attached hydrogen (secondary N) is 1. The number of Topliss-reactive ketones (excluding diaryl/α,β-unsaturated/α-hetero) is 1.